The lowest BCUT2D eigenvalue weighted by atomic mass is 9.95. The van der Waals surface area contributed by atoms with Gasteiger partial charge >= 0.3 is 5.97 Å². The topological polar surface area (TPSA) is 43.4 Å². The number of halogens is 1. The number of ether oxygens (including phenoxy) is 1. The van der Waals surface area contributed by atoms with Crippen molar-refractivity contribution < 1.29 is 14.3 Å². The van der Waals surface area contributed by atoms with Crippen molar-refractivity contribution in [2.75, 3.05) is 6.61 Å². The van der Waals surface area contributed by atoms with E-state index in [0.717, 1.165) is 16.7 Å². The fourth-order valence-electron chi connectivity index (χ4n) is 2.22. The summed E-state index contributed by atoms with van der Waals surface area (Å²) in [5.74, 6) is -1.42. The Morgan fingerprint density at radius 1 is 1.00 bits per heavy atom. The normalized spacial score (nSPS) is 10.3. The van der Waals surface area contributed by atoms with Crippen molar-refractivity contribution in [2.24, 2.45) is 0 Å². The van der Waals surface area contributed by atoms with Crippen molar-refractivity contribution in [1.82, 2.24) is 0 Å². The highest BCUT2D eigenvalue weighted by Crippen LogP contribution is 2.25. The van der Waals surface area contributed by atoms with Gasteiger partial charge in [-0.1, -0.05) is 42.8 Å². The van der Waals surface area contributed by atoms with Gasteiger partial charge in [0.05, 0.1) is 6.61 Å². The van der Waals surface area contributed by atoms with Crippen LogP contribution in [0.5, 0.6) is 0 Å². The molecule has 0 fully saturated rings. The van der Waals surface area contributed by atoms with Crippen molar-refractivity contribution in [1.29, 1.82) is 0 Å². The van der Waals surface area contributed by atoms with Crippen LogP contribution in [0, 0.1) is 0 Å². The Labute approximate surface area is 134 Å². The molecular weight excluding hydrogens is 300 g/mol. The van der Waals surface area contributed by atoms with Crippen LogP contribution in [0.15, 0.2) is 42.5 Å². The number of hydrogen-bond donors (Lipinski definition) is 0. The largest absolute Gasteiger partial charge is 0.460 e. The molecule has 0 aromatic heterocycles. The zero-order chi connectivity index (χ0) is 16.1. The Bertz CT molecular complexity index is 690. The Morgan fingerprint density at radius 3 is 2.23 bits per heavy atom. The van der Waals surface area contributed by atoms with Gasteiger partial charge in [-0.05, 0) is 48.2 Å². The molecule has 2 aromatic rings. The first-order chi connectivity index (χ1) is 10.6. The molecule has 0 aliphatic carbocycles. The molecule has 0 bridgehead atoms. The lowest BCUT2D eigenvalue weighted by Crippen LogP contribution is -2.19. The molecule has 2 rings (SSSR count). The van der Waals surface area contributed by atoms with Gasteiger partial charge in [0, 0.05) is 10.6 Å². The number of ketones is 1. The maximum Gasteiger partial charge on any atom is 0.379 e. The molecule has 114 valence electrons. The molecule has 0 heterocycles. The number of hydrogen-bond acceptors (Lipinski definition) is 3. The maximum atomic E-state index is 12.3. The van der Waals surface area contributed by atoms with E-state index in [1.54, 1.807) is 25.1 Å². The zero-order valence-electron chi connectivity index (χ0n) is 12.6. The van der Waals surface area contributed by atoms with Gasteiger partial charge in [-0.2, -0.15) is 0 Å². The summed E-state index contributed by atoms with van der Waals surface area (Å²) >= 11 is 5.89. The second-order valence-electron chi connectivity index (χ2n) is 4.78. The van der Waals surface area contributed by atoms with E-state index < -0.39 is 11.8 Å². The number of rotatable bonds is 5. The van der Waals surface area contributed by atoms with Crippen LogP contribution < -0.4 is 0 Å². The summed E-state index contributed by atoms with van der Waals surface area (Å²) in [7, 11) is 0. The minimum atomic E-state index is -0.814. The lowest BCUT2D eigenvalue weighted by Gasteiger charge is -2.10. The summed E-state index contributed by atoms with van der Waals surface area (Å²) in [6.07, 6.45) is 0.668. The molecule has 0 unspecified atom stereocenters. The van der Waals surface area contributed by atoms with Gasteiger partial charge in [-0.25, -0.2) is 4.79 Å². The highest BCUT2D eigenvalue weighted by molar-refractivity contribution is 6.41. The summed E-state index contributed by atoms with van der Waals surface area (Å²) in [5, 5.41) is 0.650. The molecule has 2 aromatic carbocycles. The molecule has 0 saturated carbocycles. The van der Waals surface area contributed by atoms with Gasteiger partial charge in [-0.15, -0.1) is 0 Å². The highest BCUT2D eigenvalue weighted by atomic mass is 35.5. The standard InChI is InChI=1S/C18H17ClO3/c1-3-12-5-6-14(13-7-9-15(19)10-8-13)11-16(12)17(20)18(21)22-4-2/h5-11H,3-4H2,1-2H3. The Hall–Kier alpha value is -2.13. The minimum Gasteiger partial charge on any atom is -0.460 e. The van der Waals surface area contributed by atoms with Crippen molar-refractivity contribution in [2.45, 2.75) is 20.3 Å². The first-order valence-electron chi connectivity index (χ1n) is 7.17. The first-order valence-corrected chi connectivity index (χ1v) is 7.55. The van der Waals surface area contributed by atoms with Crippen LogP contribution >= 0.6 is 11.6 Å². The summed E-state index contributed by atoms with van der Waals surface area (Å²) < 4.78 is 4.81. The van der Waals surface area contributed by atoms with E-state index in [1.807, 2.05) is 31.2 Å². The van der Waals surface area contributed by atoms with E-state index in [0.29, 0.717) is 17.0 Å². The summed E-state index contributed by atoms with van der Waals surface area (Å²) in [5.41, 5.74) is 3.02. The zero-order valence-corrected chi connectivity index (χ0v) is 13.3. The second kappa shape index (κ2) is 7.23. The fraction of sp³-hybridized carbons (Fsp3) is 0.222. The monoisotopic (exact) mass is 316 g/mol. The molecule has 0 atom stereocenters. The summed E-state index contributed by atoms with van der Waals surface area (Å²) in [6.45, 7) is 3.80. The third-order valence-corrected chi connectivity index (χ3v) is 3.63. The number of benzene rings is 2. The molecule has 4 heteroatoms. The molecular formula is C18H17ClO3. The Balaban J connectivity index is 2.44. The van der Waals surface area contributed by atoms with Crippen LogP contribution in [-0.2, 0) is 16.0 Å². The molecule has 0 aliphatic rings. The number of aryl methyl sites for hydroxylation is 1. The average Bonchev–Trinajstić information content (AvgIpc) is 2.54. The van der Waals surface area contributed by atoms with E-state index >= 15 is 0 Å². The predicted molar refractivity (Wildman–Crippen MR) is 87.2 cm³/mol. The van der Waals surface area contributed by atoms with Crippen molar-refractivity contribution >= 4 is 23.4 Å². The highest BCUT2D eigenvalue weighted by Gasteiger charge is 2.20. The van der Waals surface area contributed by atoms with Crippen LogP contribution in [0.25, 0.3) is 11.1 Å². The maximum absolute atomic E-state index is 12.3. The van der Waals surface area contributed by atoms with Crippen molar-refractivity contribution in [3.8, 4) is 11.1 Å². The van der Waals surface area contributed by atoms with Crippen LogP contribution in [0.1, 0.15) is 29.8 Å². The molecule has 0 N–H and O–H groups in total. The van der Waals surface area contributed by atoms with E-state index in [-0.39, 0.29) is 6.61 Å². The number of carbonyl (C=O) groups is 2. The molecule has 0 aliphatic heterocycles. The summed E-state index contributed by atoms with van der Waals surface area (Å²) in [6, 6.07) is 12.9. The summed E-state index contributed by atoms with van der Waals surface area (Å²) in [4.78, 5) is 24.0. The van der Waals surface area contributed by atoms with E-state index in [9.17, 15) is 9.59 Å². The smallest absolute Gasteiger partial charge is 0.379 e. The first kappa shape index (κ1) is 16.2. The number of esters is 1. The third kappa shape index (κ3) is 3.55. The number of carbonyl (C=O) groups excluding carboxylic acids is 2. The molecule has 22 heavy (non-hydrogen) atoms. The Morgan fingerprint density at radius 2 is 1.64 bits per heavy atom. The quantitative estimate of drug-likeness (QED) is 0.469. The van der Waals surface area contributed by atoms with E-state index in [1.165, 1.54) is 0 Å². The molecule has 0 spiro atoms. The van der Waals surface area contributed by atoms with Gasteiger partial charge in [0.15, 0.2) is 0 Å². The predicted octanol–water partition coefficient (Wildman–Crippen LogP) is 4.32. The van der Waals surface area contributed by atoms with Crippen LogP contribution in [-0.4, -0.2) is 18.4 Å². The Kier molecular flexibility index (Phi) is 5.34. The molecule has 3 nitrogen and oxygen atoms in total. The van der Waals surface area contributed by atoms with Gasteiger partial charge in [0.2, 0.25) is 0 Å². The van der Waals surface area contributed by atoms with Gasteiger partial charge < -0.3 is 4.74 Å². The molecule has 0 saturated heterocycles. The van der Waals surface area contributed by atoms with Crippen LogP contribution in [0.2, 0.25) is 5.02 Å². The van der Waals surface area contributed by atoms with Crippen LogP contribution in [0.4, 0.5) is 0 Å². The van der Waals surface area contributed by atoms with Gasteiger partial charge in [-0.3, -0.25) is 4.79 Å². The molecule has 0 radical (unpaired) electrons. The third-order valence-electron chi connectivity index (χ3n) is 3.37. The van der Waals surface area contributed by atoms with Crippen molar-refractivity contribution in [3.63, 3.8) is 0 Å². The van der Waals surface area contributed by atoms with E-state index in [4.69, 9.17) is 16.3 Å². The second-order valence-corrected chi connectivity index (χ2v) is 5.22. The minimum absolute atomic E-state index is 0.183. The lowest BCUT2D eigenvalue weighted by molar-refractivity contribution is -0.137. The molecule has 0 amide bonds. The van der Waals surface area contributed by atoms with Crippen molar-refractivity contribution in [3.05, 3.63) is 58.6 Å². The number of Topliss-reactive ketones (excluding diaryl/α,β-unsaturated/α-hetero) is 1. The average molecular weight is 317 g/mol. The van der Waals surface area contributed by atoms with Gasteiger partial charge in [0.1, 0.15) is 0 Å². The van der Waals surface area contributed by atoms with Gasteiger partial charge in [0.25, 0.3) is 5.78 Å². The fourth-order valence-corrected chi connectivity index (χ4v) is 2.35. The van der Waals surface area contributed by atoms with Crippen LogP contribution in [0.3, 0.4) is 0 Å². The SMILES string of the molecule is CCOC(=O)C(=O)c1cc(-c2ccc(Cl)cc2)ccc1CC. The van der Waals surface area contributed by atoms with E-state index in [2.05, 4.69) is 0 Å².